The summed E-state index contributed by atoms with van der Waals surface area (Å²) >= 11 is 1.34. The molecular weight excluding hydrogens is 226 g/mol. The van der Waals surface area contributed by atoms with Gasteiger partial charge in [0.15, 0.2) is 0 Å². The SMILES string of the molecule is COc1nsc2ccc(C(C)C(=O)O)cc12. The summed E-state index contributed by atoms with van der Waals surface area (Å²) in [5.41, 5.74) is 0.763. The number of hydrogen-bond acceptors (Lipinski definition) is 4. The van der Waals surface area contributed by atoms with Gasteiger partial charge in [-0.25, -0.2) is 0 Å². The second-order valence-corrected chi connectivity index (χ2v) is 4.31. The van der Waals surface area contributed by atoms with Crippen molar-refractivity contribution in [3.8, 4) is 5.88 Å². The number of benzene rings is 1. The fraction of sp³-hybridized carbons (Fsp3) is 0.273. The number of nitrogens with zero attached hydrogens (tertiary/aromatic N) is 1. The molecule has 1 aromatic carbocycles. The highest BCUT2D eigenvalue weighted by Crippen LogP contribution is 2.31. The lowest BCUT2D eigenvalue weighted by Crippen LogP contribution is -2.06. The lowest BCUT2D eigenvalue weighted by Gasteiger charge is -2.06. The third-order valence-electron chi connectivity index (χ3n) is 2.52. The normalized spacial score (nSPS) is 12.6. The Bertz CT molecular complexity index is 535. The largest absolute Gasteiger partial charge is 0.481 e. The maximum absolute atomic E-state index is 10.9. The van der Waals surface area contributed by atoms with Crippen LogP contribution in [0.4, 0.5) is 0 Å². The first kappa shape index (κ1) is 10.9. The van der Waals surface area contributed by atoms with E-state index in [1.54, 1.807) is 14.0 Å². The average Bonchev–Trinajstić information content (AvgIpc) is 2.69. The number of fused-ring (bicyclic) bond motifs is 1. The molecule has 0 radical (unpaired) electrons. The van der Waals surface area contributed by atoms with Crippen LogP contribution in [0.5, 0.6) is 5.88 Å². The molecule has 1 unspecified atom stereocenters. The zero-order chi connectivity index (χ0) is 11.7. The van der Waals surface area contributed by atoms with Gasteiger partial charge in [0.2, 0.25) is 5.88 Å². The van der Waals surface area contributed by atoms with Crippen LogP contribution in [-0.2, 0) is 4.79 Å². The molecule has 4 nitrogen and oxygen atoms in total. The number of ether oxygens (including phenoxy) is 1. The van der Waals surface area contributed by atoms with Gasteiger partial charge in [0.25, 0.3) is 0 Å². The van der Waals surface area contributed by atoms with Crippen molar-refractivity contribution in [2.24, 2.45) is 0 Å². The molecule has 0 aliphatic rings. The van der Waals surface area contributed by atoms with Crippen molar-refractivity contribution in [3.05, 3.63) is 23.8 Å². The van der Waals surface area contributed by atoms with Crippen LogP contribution in [0.1, 0.15) is 18.4 Å². The highest BCUT2D eigenvalue weighted by atomic mass is 32.1. The highest BCUT2D eigenvalue weighted by Gasteiger charge is 2.15. The summed E-state index contributed by atoms with van der Waals surface area (Å²) in [6.45, 7) is 1.66. The van der Waals surface area contributed by atoms with E-state index in [9.17, 15) is 4.79 Å². The van der Waals surface area contributed by atoms with Crippen molar-refractivity contribution in [2.45, 2.75) is 12.8 Å². The van der Waals surface area contributed by atoms with Crippen LogP contribution in [0, 0.1) is 0 Å². The Labute approximate surface area is 96.6 Å². The van der Waals surface area contributed by atoms with Gasteiger partial charge in [-0.2, -0.15) is 4.37 Å². The van der Waals surface area contributed by atoms with Crippen LogP contribution >= 0.6 is 11.5 Å². The van der Waals surface area contributed by atoms with Crippen LogP contribution in [0.25, 0.3) is 10.1 Å². The number of rotatable bonds is 3. The topological polar surface area (TPSA) is 59.4 Å². The summed E-state index contributed by atoms with van der Waals surface area (Å²) < 4.78 is 10.2. The Morgan fingerprint density at radius 2 is 2.31 bits per heavy atom. The summed E-state index contributed by atoms with van der Waals surface area (Å²) in [5, 5.41) is 9.81. The molecule has 0 fully saturated rings. The molecule has 84 valence electrons. The van der Waals surface area contributed by atoms with Crippen molar-refractivity contribution >= 4 is 27.6 Å². The van der Waals surface area contributed by atoms with Crippen molar-refractivity contribution in [1.82, 2.24) is 4.37 Å². The molecule has 1 atom stereocenters. The van der Waals surface area contributed by atoms with Gasteiger partial charge in [-0.15, -0.1) is 0 Å². The number of hydrogen-bond donors (Lipinski definition) is 1. The van der Waals surface area contributed by atoms with Gasteiger partial charge in [0, 0.05) is 0 Å². The molecule has 0 saturated heterocycles. The van der Waals surface area contributed by atoms with Gasteiger partial charge in [-0.1, -0.05) is 6.07 Å². The average molecular weight is 237 g/mol. The van der Waals surface area contributed by atoms with E-state index >= 15 is 0 Å². The van der Waals surface area contributed by atoms with E-state index < -0.39 is 11.9 Å². The van der Waals surface area contributed by atoms with E-state index in [1.165, 1.54) is 11.5 Å². The molecule has 0 spiro atoms. The predicted octanol–water partition coefficient (Wildman–Crippen LogP) is 2.49. The quantitative estimate of drug-likeness (QED) is 0.891. The first-order valence-corrected chi connectivity index (χ1v) is 5.57. The summed E-state index contributed by atoms with van der Waals surface area (Å²) in [6, 6.07) is 5.53. The Balaban J connectivity index is 2.53. The molecule has 1 aromatic heterocycles. The molecule has 1 heterocycles. The molecule has 2 aromatic rings. The fourth-order valence-electron chi connectivity index (χ4n) is 1.49. The number of carboxylic acids is 1. The lowest BCUT2D eigenvalue weighted by atomic mass is 10.0. The van der Waals surface area contributed by atoms with E-state index in [-0.39, 0.29) is 0 Å². The van der Waals surface area contributed by atoms with Crippen molar-refractivity contribution < 1.29 is 14.6 Å². The Morgan fingerprint density at radius 1 is 1.56 bits per heavy atom. The molecule has 0 bridgehead atoms. The van der Waals surface area contributed by atoms with Crippen LogP contribution < -0.4 is 4.74 Å². The number of aromatic nitrogens is 1. The molecule has 0 aliphatic heterocycles. The second-order valence-electron chi connectivity index (χ2n) is 3.51. The zero-order valence-corrected chi connectivity index (χ0v) is 9.75. The molecule has 16 heavy (non-hydrogen) atoms. The minimum absolute atomic E-state index is 0.519. The zero-order valence-electron chi connectivity index (χ0n) is 8.93. The van der Waals surface area contributed by atoms with Gasteiger partial charge in [-0.05, 0) is 36.2 Å². The number of aliphatic carboxylic acids is 1. The number of carboxylic acid groups (broad SMARTS) is 1. The first-order chi connectivity index (χ1) is 7.63. The van der Waals surface area contributed by atoms with Crippen LogP contribution in [-0.4, -0.2) is 22.6 Å². The standard InChI is InChI=1S/C11H11NO3S/c1-6(11(13)14)7-3-4-9-8(5-7)10(15-2)12-16-9/h3-6H,1-2H3,(H,13,14). The number of methoxy groups -OCH3 is 1. The van der Waals surface area contributed by atoms with Crippen LogP contribution in [0.15, 0.2) is 18.2 Å². The van der Waals surface area contributed by atoms with E-state index in [1.807, 2.05) is 18.2 Å². The van der Waals surface area contributed by atoms with Gasteiger partial charge < -0.3 is 9.84 Å². The lowest BCUT2D eigenvalue weighted by molar-refractivity contribution is -0.138. The minimum Gasteiger partial charge on any atom is -0.481 e. The van der Waals surface area contributed by atoms with E-state index in [4.69, 9.17) is 9.84 Å². The Kier molecular flexibility index (Phi) is 2.78. The first-order valence-electron chi connectivity index (χ1n) is 4.79. The van der Waals surface area contributed by atoms with Crippen molar-refractivity contribution in [2.75, 3.05) is 7.11 Å². The van der Waals surface area contributed by atoms with Crippen molar-refractivity contribution in [3.63, 3.8) is 0 Å². The van der Waals surface area contributed by atoms with Crippen molar-refractivity contribution in [1.29, 1.82) is 0 Å². The maximum atomic E-state index is 10.9. The summed E-state index contributed by atoms with van der Waals surface area (Å²) in [5.74, 6) is -0.796. The van der Waals surface area contributed by atoms with Gasteiger partial charge in [-0.3, -0.25) is 4.79 Å². The fourth-order valence-corrected chi connectivity index (χ4v) is 2.22. The van der Waals surface area contributed by atoms with Gasteiger partial charge in [0.05, 0.1) is 23.1 Å². The summed E-state index contributed by atoms with van der Waals surface area (Å²) in [7, 11) is 1.56. The summed E-state index contributed by atoms with van der Waals surface area (Å²) in [4.78, 5) is 10.9. The third-order valence-corrected chi connectivity index (χ3v) is 3.33. The van der Waals surface area contributed by atoms with E-state index in [0.29, 0.717) is 5.88 Å². The second kappa shape index (κ2) is 4.09. The maximum Gasteiger partial charge on any atom is 0.310 e. The predicted molar refractivity (Wildman–Crippen MR) is 62.2 cm³/mol. The molecule has 0 aliphatic carbocycles. The highest BCUT2D eigenvalue weighted by molar-refractivity contribution is 7.13. The van der Waals surface area contributed by atoms with Gasteiger partial charge in [0.1, 0.15) is 0 Å². The van der Waals surface area contributed by atoms with E-state index in [2.05, 4.69) is 4.37 Å². The van der Waals surface area contributed by atoms with Crippen LogP contribution in [0.3, 0.4) is 0 Å². The third kappa shape index (κ3) is 1.74. The molecule has 0 amide bonds. The Morgan fingerprint density at radius 3 is 2.94 bits per heavy atom. The molecule has 1 N–H and O–H groups in total. The monoisotopic (exact) mass is 237 g/mol. The van der Waals surface area contributed by atoms with E-state index in [0.717, 1.165) is 15.6 Å². The summed E-state index contributed by atoms with van der Waals surface area (Å²) in [6.07, 6.45) is 0. The smallest absolute Gasteiger partial charge is 0.310 e. The van der Waals surface area contributed by atoms with Crippen LogP contribution in [0.2, 0.25) is 0 Å². The van der Waals surface area contributed by atoms with Gasteiger partial charge >= 0.3 is 5.97 Å². The molecule has 5 heteroatoms. The Hall–Kier alpha value is -1.62. The minimum atomic E-state index is -0.832. The molecule has 2 rings (SSSR count). The number of carbonyl (C=O) groups is 1. The molecule has 0 saturated carbocycles. The molecular formula is C11H11NO3S.